The maximum Gasteiger partial charge on any atom is 0.329 e. The van der Waals surface area contributed by atoms with Crippen LogP contribution in [0.15, 0.2) is 45.9 Å². The highest BCUT2D eigenvalue weighted by Gasteiger charge is 2.33. The van der Waals surface area contributed by atoms with E-state index >= 15 is 0 Å². The van der Waals surface area contributed by atoms with Crippen molar-refractivity contribution < 1.29 is 14.0 Å². The molecule has 7 heteroatoms. The number of urea groups is 1. The average molecular weight is 381 g/mol. The summed E-state index contributed by atoms with van der Waals surface area (Å²) in [7, 11) is 0. The first kappa shape index (κ1) is 14.9. The summed E-state index contributed by atoms with van der Waals surface area (Å²) in [4.78, 5) is 26.2. The molecule has 0 saturated carbocycles. The SMILES string of the molecule is O=C1N/C(=C/c2ccc(Br)s2)C(=O)N1Cc1ccc(F)cc1. The highest BCUT2D eigenvalue weighted by atomic mass is 79.9. The van der Waals surface area contributed by atoms with Gasteiger partial charge >= 0.3 is 6.03 Å². The number of halogens is 2. The first-order valence-corrected chi connectivity index (χ1v) is 7.98. The van der Waals surface area contributed by atoms with Gasteiger partial charge < -0.3 is 5.32 Å². The second-order valence-electron chi connectivity index (χ2n) is 4.65. The zero-order valence-corrected chi connectivity index (χ0v) is 13.6. The highest BCUT2D eigenvalue weighted by molar-refractivity contribution is 9.11. The Kier molecular flexibility index (Phi) is 4.08. The Morgan fingerprint density at radius 2 is 1.91 bits per heavy atom. The number of imide groups is 1. The van der Waals surface area contributed by atoms with E-state index in [1.165, 1.54) is 23.5 Å². The Hall–Kier alpha value is -1.99. The molecular formula is C15H10BrFN2O2S. The van der Waals surface area contributed by atoms with Crippen molar-refractivity contribution in [1.29, 1.82) is 0 Å². The van der Waals surface area contributed by atoms with Gasteiger partial charge in [0.05, 0.1) is 10.3 Å². The van der Waals surface area contributed by atoms with Gasteiger partial charge in [-0.15, -0.1) is 11.3 Å². The number of benzene rings is 1. The van der Waals surface area contributed by atoms with Crippen LogP contribution in [0.5, 0.6) is 0 Å². The average Bonchev–Trinajstić information content (AvgIpc) is 3.00. The van der Waals surface area contributed by atoms with E-state index in [-0.39, 0.29) is 24.0 Å². The third-order valence-electron chi connectivity index (χ3n) is 3.10. The number of nitrogens with zero attached hydrogens (tertiary/aromatic N) is 1. The Balaban J connectivity index is 1.79. The Bertz CT molecular complexity index is 770. The zero-order chi connectivity index (χ0) is 15.7. The van der Waals surface area contributed by atoms with Crippen molar-refractivity contribution in [3.05, 3.63) is 62.1 Å². The number of carbonyl (C=O) groups excluding carboxylic acids is 2. The van der Waals surface area contributed by atoms with Crippen LogP contribution in [0.3, 0.4) is 0 Å². The second kappa shape index (κ2) is 6.02. The second-order valence-corrected chi connectivity index (χ2v) is 7.14. The third kappa shape index (κ3) is 3.10. The van der Waals surface area contributed by atoms with Crippen LogP contribution >= 0.6 is 27.3 Å². The standard InChI is InChI=1S/C15H10BrFN2O2S/c16-13-6-5-11(22-13)7-12-14(20)19(15(21)18-12)8-9-1-3-10(17)4-2-9/h1-7H,8H2,(H,18,21)/b12-7+. The highest BCUT2D eigenvalue weighted by Crippen LogP contribution is 2.25. The molecule has 2 heterocycles. The molecule has 3 amide bonds. The first-order valence-electron chi connectivity index (χ1n) is 6.37. The molecule has 1 N–H and O–H groups in total. The zero-order valence-electron chi connectivity index (χ0n) is 11.2. The molecule has 0 bridgehead atoms. The lowest BCUT2D eigenvalue weighted by atomic mass is 10.2. The number of hydrogen-bond acceptors (Lipinski definition) is 3. The predicted molar refractivity (Wildman–Crippen MR) is 85.5 cm³/mol. The van der Waals surface area contributed by atoms with E-state index in [4.69, 9.17) is 0 Å². The topological polar surface area (TPSA) is 49.4 Å². The number of thiophene rings is 1. The van der Waals surface area contributed by atoms with Crippen molar-refractivity contribution in [1.82, 2.24) is 10.2 Å². The summed E-state index contributed by atoms with van der Waals surface area (Å²) in [6.07, 6.45) is 1.64. The molecular weight excluding hydrogens is 371 g/mol. The van der Waals surface area contributed by atoms with E-state index < -0.39 is 6.03 Å². The van der Waals surface area contributed by atoms with Crippen LogP contribution in [0.1, 0.15) is 10.4 Å². The van der Waals surface area contributed by atoms with Gasteiger partial charge in [0, 0.05) is 4.88 Å². The largest absolute Gasteiger partial charge is 0.329 e. The molecule has 4 nitrogen and oxygen atoms in total. The Morgan fingerprint density at radius 3 is 2.55 bits per heavy atom. The van der Waals surface area contributed by atoms with E-state index in [0.29, 0.717) is 5.56 Å². The van der Waals surface area contributed by atoms with Crippen LogP contribution in [0.2, 0.25) is 0 Å². The fourth-order valence-electron chi connectivity index (χ4n) is 2.04. The summed E-state index contributed by atoms with van der Waals surface area (Å²) in [5.41, 5.74) is 0.923. The number of amides is 3. The minimum atomic E-state index is -0.476. The maximum atomic E-state index is 12.9. The lowest BCUT2D eigenvalue weighted by Crippen LogP contribution is -2.30. The fraction of sp³-hybridized carbons (Fsp3) is 0.0667. The monoisotopic (exact) mass is 380 g/mol. The third-order valence-corrected chi connectivity index (χ3v) is 4.67. The van der Waals surface area contributed by atoms with E-state index in [1.807, 2.05) is 12.1 Å². The van der Waals surface area contributed by atoms with E-state index in [1.54, 1.807) is 18.2 Å². The van der Waals surface area contributed by atoms with Crippen molar-refractivity contribution in [3.8, 4) is 0 Å². The van der Waals surface area contributed by atoms with Crippen molar-refractivity contribution in [2.45, 2.75) is 6.54 Å². The molecule has 22 heavy (non-hydrogen) atoms. The molecule has 1 aliphatic rings. The van der Waals surface area contributed by atoms with Gasteiger partial charge in [-0.25, -0.2) is 9.18 Å². The molecule has 112 valence electrons. The lowest BCUT2D eigenvalue weighted by Gasteiger charge is -2.11. The van der Waals surface area contributed by atoms with E-state index in [2.05, 4.69) is 21.2 Å². The minimum Gasteiger partial charge on any atom is -0.303 e. The summed E-state index contributed by atoms with van der Waals surface area (Å²) >= 11 is 4.81. The molecule has 0 atom stereocenters. The van der Waals surface area contributed by atoms with Gasteiger partial charge in [0.15, 0.2) is 0 Å². The van der Waals surface area contributed by atoms with E-state index in [0.717, 1.165) is 13.6 Å². The Morgan fingerprint density at radius 1 is 1.18 bits per heavy atom. The maximum absolute atomic E-state index is 12.9. The summed E-state index contributed by atoms with van der Waals surface area (Å²) < 4.78 is 13.8. The van der Waals surface area contributed by atoms with Crippen molar-refractivity contribution in [3.63, 3.8) is 0 Å². The summed E-state index contributed by atoms with van der Waals surface area (Å²) in [5.74, 6) is -0.747. The van der Waals surface area contributed by atoms with Crippen LogP contribution in [0.4, 0.5) is 9.18 Å². The van der Waals surface area contributed by atoms with Crippen molar-refractivity contribution in [2.24, 2.45) is 0 Å². The van der Waals surface area contributed by atoms with Crippen LogP contribution in [0.25, 0.3) is 6.08 Å². The Labute approximate surface area is 138 Å². The van der Waals surface area contributed by atoms with Crippen LogP contribution in [-0.4, -0.2) is 16.8 Å². The summed E-state index contributed by atoms with van der Waals surface area (Å²) in [6.45, 7) is 0.108. The fourth-order valence-corrected chi connectivity index (χ4v) is 3.40. The van der Waals surface area contributed by atoms with Crippen LogP contribution in [0, 0.1) is 5.82 Å². The van der Waals surface area contributed by atoms with Gasteiger partial charge in [-0.05, 0) is 51.8 Å². The van der Waals surface area contributed by atoms with Gasteiger partial charge in [0.1, 0.15) is 11.5 Å². The van der Waals surface area contributed by atoms with Crippen molar-refractivity contribution in [2.75, 3.05) is 0 Å². The lowest BCUT2D eigenvalue weighted by molar-refractivity contribution is -0.123. The normalized spacial score (nSPS) is 16.5. The van der Waals surface area contributed by atoms with Gasteiger partial charge in [0.25, 0.3) is 5.91 Å². The predicted octanol–water partition coefficient (Wildman–Crippen LogP) is 3.74. The van der Waals surface area contributed by atoms with Crippen LogP contribution in [-0.2, 0) is 11.3 Å². The quantitative estimate of drug-likeness (QED) is 0.651. The number of carbonyl (C=O) groups is 2. The molecule has 2 aromatic rings. The summed E-state index contributed by atoms with van der Waals surface area (Å²) in [5, 5.41) is 2.56. The minimum absolute atomic E-state index is 0.108. The molecule has 3 rings (SSSR count). The number of nitrogens with one attached hydrogen (secondary N) is 1. The molecule has 1 aliphatic heterocycles. The summed E-state index contributed by atoms with van der Waals surface area (Å²) in [6, 6.07) is 8.94. The molecule has 0 unspecified atom stereocenters. The van der Waals surface area contributed by atoms with Gasteiger partial charge in [-0.2, -0.15) is 0 Å². The smallest absolute Gasteiger partial charge is 0.303 e. The number of rotatable bonds is 3. The molecule has 1 saturated heterocycles. The van der Waals surface area contributed by atoms with Gasteiger partial charge in [-0.3, -0.25) is 9.69 Å². The molecule has 0 radical (unpaired) electrons. The van der Waals surface area contributed by atoms with Crippen molar-refractivity contribution >= 4 is 45.3 Å². The molecule has 1 aromatic heterocycles. The first-order chi connectivity index (χ1) is 10.5. The molecule has 1 fully saturated rings. The molecule has 1 aromatic carbocycles. The van der Waals surface area contributed by atoms with Gasteiger partial charge in [0.2, 0.25) is 0 Å². The molecule has 0 spiro atoms. The van der Waals surface area contributed by atoms with Crippen LogP contribution < -0.4 is 5.32 Å². The van der Waals surface area contributed by atoms with E-state index in [9.17, 15) is 14.0 Å². The van der Waals surface area contributed by atoms with Gasteiger partial charge in [-0.1, -0.05) is 12.1 Å². The molecule has 0 aliphatic carbocycles. The number of hydrogen-bond donors (Lipinski definition) is 1.